The normalized spacial score (nSPS) is 15.9. The van der Waals surface area contributed by atoms with Crippen molar-refractivity contribution < 1.29 is 19.2 Å². The van der Waals surface area contributed by atoms with Crippen LogP contribution in [0.5, 0.6) is 0 Å². The van der Waals surface area contributed by atoms with E-state index in [0.717, 1.165) is 10.9 Å². The standard InChI is InChI=1S/C19H14N4O4/c24-15(12-6-7-14-11(10-12)8-9-20-14)23-19(13-4-2-1-3-5-13)16(25)21-18(27)22-17(19)26/h1-10,20H,(H,23,24)(H2,21,22,25,26,27). The van der Waals surface area contributed by atoms with Crippen LogP contribution in [-0.4, -0.2) is 28.7 Å². The topological polar surface area (TPSA) is 120 Å². The summed E-state index contributed by atoms with van der Waals surface area (Å²) in [6, 6.07) is 13.9. The number of carbonyl (C=O) groups is 4. The number of hydrogen-bond acceptors (Lipinski definition) is 4. The molecular weight excluding hydrogens is 348 g/mol. The molecule has 2 heterocycles. The first-order chi connectivity index (χ1) is 13.0. The van der Waals surface area contributed by atoms with Crippen LogP contribution in [0.25, 0.3) is 10.9 Å². The molecule has 0 radical (unpaired) electrons. The molecule has 1 aliphatic rings. The Bertz CT molecular complexity index is 1070. The third-order valence-electron chi connectivity index (χ3n) is 4.46. The van der Waals surface area contributed by atoms with Crippen molar-refractivity contribution in [3.8, 4) is 0 Å². The number of carbonyl (C=O) groups excluding carboxylic acids is 4. The molecule has 0 aliphatic carbocycles. The van der Waals surface area contributed by atoms with Gasteiger partial charge in [0, 0.05) is 22.7 Å². The molecule has 1 aromatic heterocycles. The van der Waals surface area contributed by atoms with Gasteiger partial charge < -0.3 is 10.3 Å². The molecule has 27 heavy (non-hydrogen) atoms. The van der Waals surface area contributed by atoms with Gasteiger partial charge in [-0.1, -0.05) is 30.3 Å². The number of fused-ring (bicyclic) bond motifs is 1. The highest BCUT2D eigenvalue weighted by atomic mass is 16.2. The minimum Gasteiger partial charge on any atom is -0.361 e. The van der Waals surface area contributed by atoms with Crippen molar-refractivity contribution in [1.82, 2.24) is 20.9 Å². The zero-order valence-electron chi connectivity index (χ0n) is 13.9. The van der Waals surface area contributed by atoms with Crippen LogP contribution in [0.3, 0.4) is 0 Å². The summed E-state index contributed by atoms with van der Waals surface area (Å²) in [7, 11) is 0. The predicted molar refractivity (Wildman–Crippen MR) is 95.6 cm³/mol. The fourth-order valence-electron chi connectivity index (χ4n) is 3.10. The SMILES string of the molecule is O=C1NC(=O)C(NC(=O)c2ccc3[nH]ccc3c2)(c2ccccc2)C(=O)N1. The summed E-state index contributed by atoms with van der Waals surface area (Å²) in [6.07, 6.45) is 1.74. The Hall–Kier alpha value is -3.94. The number of hydrogen-bond donors (Lipinski definition) is 4. The fraction of sp³-hybridized carbons (Fsp3) is 0.0526. The van der Waals surface area contributed by atoms with Gasteiger partial charge in [-0.3, -0.25) is 25.0 Å². The molecule has 0 saturated carbocycles. The highest BCUT2D eigenvalue weighted by molar-refractivity contribution is 6.24. The minimum absolute atomic E-state index is 0.239. The zero-order valence-corrected chi connectivity index (χ0v) is 13.9. The number of nitrogens with one attached hydrogen (secondary N) is 4. The number of urea groups is 1. The van der Waals surface area contributed by atoms with Crippen molar-refractivity contribution >= 4 is 34.7 Å². The number of imide groups is 2. The van der Waals surface area contributed by atoms with E-state index in [4.69, 9.17) is 0 Å². The van der Waals surface area contributed by atoms with Crippen LogP contribution in [0.15, 0.2) is 60.8 Å². The molecule has 0 spiro atoms. The molecule has 5 amide bonds. The second-order valence-corrected chi connectivity index (χ2v) is 6.09. The first-order valence-electron chi connectivity index (χ1n) is 8.13. The van der Waals surface area contributed by atoms with Crippen molar-refractivity contribution in [3.05, 3.63) is 71.9 Å². The van der Waals surface area contributed by atoms with Crippen LogP contribution >= 0.6 is 0 Å². The fourth-order valence-corrected chi connectivity index (χ4v) is 3.10. The van der Waals surface area contributed by atoms with E-state index in [2.05, 4.69) is 20.9 Å². The lowest BCUT2D eigenvalue weighted by molar-refractivity contribution is -0.139. The molecule has 3 aromatic rings. The van der Waals surface area contributed by atoms with E-state index in [-0.39, 0.29) is 11.1 Å². The minimum atomic E-state index is -2.06. The summed E-state index contributed by atoms with van der Waals surface area (Å²) in [5.41, 5.74) is -0.694. The Morgan fingerprint density at radius 3 is 2.30 bits per heavy atom. The first-order valence-corrected chi connectivity index (χ1v) is 8.13. The smallest absolute Gasteiger partial charge is 0.328 e. The van der Waals surface area contributed by atoms with E-state index in [1.54, 1.807) is 48.7 Å². The van der Waals surface area contributed by atoms with Gasteiger partial charge in [0.15, 0.2) is 0 Å². The molecule has 0 unspecified atom stereocenters. The second kappa shape index (κ2) is 6.10. The molecule has 1 aliphatic heterocycles. The number of aromatic nitrogens is 1. The molecule has 1 fully saturated rings. The van der Waals surface area contributed by atoms with E-state index >= 15 is 0 Å². The lowest BCUT2D eigenvalue weighted by atomic mass is 9.86. The molecule has 4 rings (SSSR count). The van der Waals surface area contributed by atoms with Crippen LogP contribution in [0.1, 0.15) is 15.9 Å². The van der Waals surface area contributed by atoms with Crippen LogP contribution in [-0.2, 0) is 15.1 Å². The first kappa shape index (κ1) is 16.5. The molecule has 0 bridgehead atoms. The predicted octanol–water partition coefficient (Wildman–Crippen LogP) is 1.16. The number of barbiturate groups is 1. The highest BCUT2D eigenvalue weighted by Crippen LogP contribution is 2.25. The summed E-state index contributed by atoms with van der Waals surface area (Å²) in [5, 5.41) is 7.43. The van der Waals surface area contributed by atoms with Crippen LogP contribution in [0.4, 0.5) is 4.79 Å². The lowest BCUT2D eigenvalue weighted by Crippen LogP contribution is -2.71. The maximum Gasteiger partial charge on any atom is 0.328 e. The third-order valence-corrected chi connectivity index (χ3v) is 4.46. The molecule has 8 heteroatoms. The average Bonchev–Trinajstić information content (AvgIpc) is 3.13. The Balaban J connectivity index is 1.77. The van der Waals surface area contributed by atoms with Crippen molar-refractivity contribution in [1.29, 1.82) is 0 Å². The van der Waals surface area contributed by atoms with Gasteiger partial charge in [0.05, 0.1) is 0 Å². The largest absolute Gasteiger partial charge is 0.361 e. The monoisotopic (exact) mass is 362 g/mol. The van der Waals surface area contributed by atoms with Gasteiger partial charge in [-0.2, -0.15) is 0 Å². The summed E-state index contributed by atoms with van der Waals surface area (Å²) in [6.45, 7) is 0. The quantitative estimate of drug-likeness (QED) is 0.523. The Labute approximate surface area is 152 Å². The number of rotatable bonds is 3. The number of H-pyrrole nitrogens is 1. The Morgan fingerprint density at radius 2 is 1.59 bits per heavy atom. The van der Waals surface area contributed by atoms with Gasteiger partial charge in [-0.05, 0) is 29.8 Å². The summed E-state index contributed by atoms with van der Waals surface area (Å²) >= 11 is 0. The van der Waals surface area contributed by atoms with E-state index in [0.29, 0.717) is 0 Å². The van der Waals surface area contributed by atoms with Gasteiger partial charge in [0.25, 0.3) is 17.7 Å². The van der Waals surface area contributed by atoms with Crippen molar-refractivity contribution in [2.24, 2.45) is 0 Å². The van der Waals surface area contributed by atoms with Crippen LogP contribution in [0.2, 0.25) is 0 Å². The molecule has 4 N–H and O–H groups in total. The zero-order chi connectivity index (χ0) is 19.0. The maximum atomic E-state index is 12.9. The summed E-state index contributed by atoms with van der Waals surface area (Å²) < 4.78 is 0. The number of benzene rings is 2. The van der Waals surface area contributed by atoms with Crippen LogP contribution in [0, 0.1) is 0 Å². The molecular formula is C19H14N4O4. The lowest BCUT2D eigenvalue weighted by Gasteiger charge is -2.34. The second-order valence-electron chi connectivity index (χ2n) is 6.09. The molecule has 0 atom stereocenters. The van der Waals surface area contributed by atoms with Crippen molar-refractivity contribution in [2.45, 2.75) is 5.54 Å². The molecule has 8 nitrogen and oxygen atoms in total. The average molecular weight is 362 g/mol. The van der Waals surface area contributed by atoms with Gasteiger partial charge >= 0.3 is 6.03 Å². The number of aromatic amines is 1. The third kappa shape index (κ3) is 2.63. The maximum absolute atomic E-state index is 12.9. The Kier molecular flexibility index (Phi) is 3.73. The van der Waals surface area contributed by atoms with Crippen molar-refractivity contribution in [2.75, 3.05) is 0 Å². The summed E-state index contributed by atoms with van der Waals surface area (Å²) in [5.74, 6) is -2.46. The van der Waals surface area contributed by atoms with E-state index < -0.39 is 29.3 Å². The van der Waals surface area contributed by atoms with E-state index in [1.165, 1.54) is 12.1 Å². The highest BCUT2D eigenvalue weighted by Gasteiger charge is 2.53. The van der Waals surface area contributed by atoms with Gasteiger partial charge in [-0.25, -0.2) is 4.79 Å². The molecule has 2 aromatic carbocycles. The molecule has 1 saturated heterocycles. The van der Waals surface area contributed by atoms with E-state index in [1.807, 2.05) is 0 Å². The Morgan fingerprint density at radius 1 is 0.889 bits per heavy atom. The molecule has 134 valence electrons. The van der Waals surface area contributed by atoms with Gasteiger partial charge in [-0.15, -0.1) is 0 Å². The number of amides is 5. The van der Waals surface area contributed by atoms with Crippen molar-refractivity contribution in [3.63, 3.8) is 0 Å². The summed E-state index contributed by atoms with van der Waals surface area (Å²) in [4.78, 5) is 52.7. The van der Waals surface area contributed by atoms with Crippen LogP contribution < -0.4 is 16.0 Å². The van der Waals surface area contributed by atoms with Gasteiger partial charge in [0.1, 0.15) is 0 Å². The van der Waals surface area contributed by atoms with Gasteiger partial charge in [0.2, 0.25) is 5.54 Å². The van der Waals surface area contributed by atoms with E-state index in [9.17, 15) is 19.2 Å².